The molecule has 0 aliphatic rings. The van der Waals surface area contributed by atoms with Crippen LogP contribution in [0.1, 0.15) is 18.1 Å². The molecule has 0 aliphatic heterocycles. The summed E-state index contributed by atoms with van der Waals surface area (Å²) in [6, 6.07) is 6.17. The van der Waals surface area contributed by atoms with E-state index in [-0.39, 0.29) is 12.4 Å². The van der Waals surface area contributed by atoms with Crippen LogP contribution in [0.25, 0.3) is 0 Å². The predicted molar refractivity (Wildman–Crippen MR) is 62.4 cm³/mol. The van der Waals surface area contributed by atoms with Crippen LogP contribution in [-0.4, -0.2) is 16.7 Å². The first-order valence-electron chi connectivity index (χ1n) is 5.68. The maximum Gasteiger partial charge on any atom is 0.226 e. The van der Waals surface area contributed by atoms with E-state index in [4.69, 9.17) is 15.0 Å². The van der Waals surface area contributed by atoms with E-state index >= 15 is 0 Å². The van der Waals surface area contributed by atoms with Gasteiger partial charge in [0.2, 0.25) is 11.7 Å². The molecule has 0 amide bonds. The maximum atomic E-state index is 13.3. The minimum absolute atomic E-state index is 0.0764. The average molecular weight is 251 g/mol. The Kier molecular flexibility index (Phi) is 4.25. The molecule has 1 aromatic heterocycles. The summed E-state index contributed by atoms with van der Waals surface area (Å²) in [7, 11) is 0. The number of nitrogens with zero attached hydrogens (tertiary/aromatic N) is 2. The third-order valence-electron chi connectivity index (χ3n) is 2.30. The SMILES string of the molecule is NCCCc1nc(COc2ccccc2F)no1. The average Bonchev–Trinajstić information content (AvgIpc) is 2.83. The molecule has 2 N–H and O–H groups in total. The molecule has 2 aromatic rings. The van der Waals surface area contributed by atoms with Crippen molar-refractivity contribution < 1.29 is 13.7 Å². The van der Waals surface area contributed by atoms with Gasteiger partial charge < -0.3 is 15.0 Å². The smallest absolute Gasteiger partial charge is 0.226 e. The molecule has 0 bridgehead atoms. The van der Waals surface area contributed by atoms with Crippen LogP contribution in [0.2, 0.25) is 0 Å². The van der Waals surface area contributed by atoms with Gasteiger partial charge in [0, 0.05) is 6.42 Å². The van der Waals surface area contributed by atoms with Crippen LogP contribution in [0.4, 0.5) is 4.39 Å². The van der Waals surface area contributed by atoms with E-state index in [9.17, 15) is 4.39 Å². The summed E-state index contributed by atoms with van der Waals surface area (Å²) in [5.41, 5.74) is 5.38. The molecule has 96 valence electrons. The number of ether oxygens (including phenoxy) is 1. The van der Waals surface area contributed by atoms with Gasteiger partial charge in [-0.05, 0) is 25.1 Å². The molecule has 5 nitrogen and oxygen atoms in total. The molecular weight excluding hydrogens is 237 g/mol. The van der Waals surface area contributed by atoms with Crippen LogP contribution in [0.3, 0.4) is 0 Å². The van der Waals surface area contributed by atoms with Crippen LogP contribution in [0, 0.1) is 5.82 Å². The zero-order valence-corrected chi connectivity index (χ0v) is 9.80. The second-order valence-corrected chi connectivity index (χ2v) is 3.72. The Morgan fingerprint density at radius 2 is 2.17 bits per heavy atom. The minimum atomic E-state index is -0.413. The number of benzene rings is 1. The molecule has 0 fully saturated rings. The molecule has 0 saturated heterocycles. The highest BCUT2D eigenvalue weighted by Gasteiger charge is 2.08. The molecule has 1 heterocycles. The minimum Gasteiger partial charge on any atom is -0.482 e. The lowest BCUT2D eigenvalue weighted by Gasteiger charge is -2.03. The van der Waals surface area contributed by atoms with E-state index in [1.54, 1.807) is 18.2 Å². The largest absolute Gasteiger partial charge is 0.482 e. The lowest BCUT2D eigenvalue weighted by molar-refractivity contribution is 0.272. The molecule has 0 aliphatic carbocycles. The summed E-state index contributed by atoms with van der Waals surface area (Å²) in [6.45, 7) is 0.649. The Bertz CT molecular complexity index is 502. The van der Waals surface area contributed by atoms with Crippen LogP contribution in [-0.2, 0) is 13.0 Å². The molecular formula is C12H14FN3O2. The standard InChI is InChI=1S/C12H14FN3O2/c13-9-4-1-2-5-10(9)17-8-11-15-12(18-16-11)6-3-7-14/h1-2,4-5H,3,6-8,14H2. The fourth-order valence-electron chi connectivity index (χ4n) is 1.41. The quantitative estimate of drug-likeness (QED) is 0.845. The molecule has 6 heteroatoms. The fourth-order valence-corrected chi connectivity index (χ4v) is 1.41. The number of nitrogens with two attached hydrogens (primary N) is 1. The van der Waals surface area contributed by atoms with E-state index < -0.39 is 5.82 Å². The van der Waals surface area contributed by atoms with Crippen molar-refractivity contribution in [2.45, 2.75) is 19.4 Å². The molecule has 0 atom stereocenters. The summed E-state index contributed by atoms with van der Waals surface area (Å²) < 4.78 is 23.5. The number of hydrogen-bond acceptors (Lipinski definition) is 5. The summed E-state index contributed by atoms with van der Waals surface area (Å²) >= 11 is 0. The number of halogens is 1. The Balaban J connectivity index is 1.90. The number of aryl methyl sites for hydroxylation is 1. The first kappa shape index (κ1) is 12.5. The van der Waals surface area contributed by atoms with E-state index in [0.717, 1.165) is 6.42 Å². The van der Waals surface area contributed by atoms with Gasteiger partial charge in [-0.3, -0.25) is 0 Å². The van der Waals surface area contributed by atoms with E-state index in [1.807, 2.05) is 0 Å². The van der Waals surface area contributed by atoms with Gasteiger partial charge in [0.05, 0.1) is 0 Å². The predicted octanol–water partition coefficient (Wildman–Crippen LogP) is 1.68. The highest BCUT2D eigenvalue weighted by atomic mass is 19.1. The van der Waals surface area contributed by atoms with Gasteiger partial charge in [-0.25, -0.2) is 4.39 Å². The van der Waals surface area contributed by atoms with Crippen molar-refractivity contribution >= 4 is 0 Å². The van der Waals surface area contributed by atoms with E-state index in [0.29, 0.717) is 24.7 Å². The van der Waals surface area contributed by atoms with Crippen molar-refractivity contribution in [1.82, 2.24) is 10.1 Å². The molecule has 0 saturated carbocycles. The van der Waals surface area contributed by atoms with Gasteiger partial charge in [-0.1, -0.05) is 17.3 Å². The lowest BCUT2D eigenvalue weighted by Crippen LogP contribution is -2.01. The number of aromatic nitrogens is 2. The number of hydrogen-bond donors (Lipinski definition) is 1. The van der Waals surface area contributed by atoms with Gasteiger partial charge in [0.15, 0.2) is 18.2 Å². The first-order chi connectivity index (χ1) is 8.79. The van der Waals surface area contributed by atoms with Crippen LogP contribution in [0.15, 0.2) is 28.8 Å². The van der Waals surface area contributed by atoms with Gasteiger partial charge in [-0.2, -0.15) is 4.98 Å². The van der Waals surface area contributed by atoms with Gasteiger partial charge in [-0.15, -0.1) is 0 Å². The monoisotopic (exact) mass is 251 g/mol. The van der Waals surface area contributed by atoms with Crippen molar-refractivity contribution in [3.05, 3.63) is 41.8 Å². The molecule has 18 heavy (non-hydrogen) atoms. The highest BCUT2D eigenvalue weighted by molar-refractivity contribution is 5.23. The molecule has 0 radical (unpaired) electrons. The molecule has 2 rings (SSSR count). The lowest BCUT2D eigenvalue weighted by atomic mass is 10.3. The Hall–Kier alpha value is -1.95. The Labute approximate surface area is 104 Å². The third-order valence-corrected chi connectivity index (χ3v) is 2.30. The zero-order valence-electron chi connectivity index (χ0n) is 9.80. The second-order valence-electron chi connectivity index (χ2n) is 3.72. The van der Waals surface area contributed by atoms with Crippen LogP contribution < -0.4 is 10.5 Å². The van der Waals surface area contributed by atoms with Crippen molar-refractivity contribution in [1.29, 1.82) is 0 Å². The third kappa shape index (κ3) is 3.27. The molecule has 0 unspecified atom stereocenters. The molecule has 1 aromatic carbocycles. The maximum absolute atomic E-state index is 13.3. The summed E-state index contributed by atoms with van der Waals surface area (Å²) in [5, 5.41) is 3.74. The van der Waals surface area contributed by atoms with E-state index in [2.05, 4.69) is 10.1 Å². The van der Waals surface area contributed by atoms with Crippen molar-refractivity contribution in [2.75, 3.05) is 6.54 Å². The first-order valence-corrected chi connectivity index (χ1v) is 5.68. The van der Waals surface area contributed by atoms with Crippen molar-refractivity contribution in [3.8, 4) is 5.75 Å². The normalized spacial score (nSPS) is 10.6. The summed E-state index contributed by atoms with van der Waals surface area (Å²) in [6.07, 6.45) is 1.43. The highest BCUT2D eigenvalue weighted by Crippen LogP contribution is 2.16. The summed E-state index contributed by atoms with van der Waals surface area (Å²) in [4.78, 5) is 4.11. The zero-order chi connectivity index (χ0) is 12.8. The number of para-hydroxylation sites is 1. The van der Waals surface area contributed by atoms with Gasteiger partial charge >= 0.3 is 0 Å². The number of rotatable bonds is 6. The summed E-state index contributed by atoms with van der Waals surface area (Å²) in [5.74, 6) is 0.674. The van der Waals surface area contributed by atoms with Gasteiger partial charge in [0.1, 0.15) is 0 Å². The molecule has 0 spiro atoms. The Morgan fingerprint density at radius 3 is 2.94 bits per heavy atom. The fraction of sp³-hybridized carbons (Fsp3) is 0.333. The van der Waals surface area contributed by atoms with E-state index in [1.165, 1.54) is 6.07 Å². The second kappa shape index (κ2) is 6.11. The van der Waals surface area contributed by atoms with Crippen molar-refractivity contribution in [2.24, 2.45) is 5.73 Å². The Morgan fingerprint density at radius 1 is 1.33 bits per heavy atom. The van der Waals surface area contributed by atoms with Crippen LogP contribution >= 0.6 is 0 Å². The topological polar surface area (TPSA) is 74.2 Å². The van der Waals surface area contributed by atoms with Gasteiger partial charge in [0.25, 0.3) is 0 Å². The van der Waals surface area contributed by atoms with Crippen LogP contribution in [0.5, 0.6) is 5.75 Å². The van der Waals surface area contributed by atoms with Crippen molar-refractivity contribution in [3.63, 3.8) is 0 Å².